The molecule has 1 aliphatic rings. The number of fused-ring (bicyclic) bond motifs is 1. The normalized spacial score (nSPS) is 18.9. The second-order valence-electron chi connectivity index (χ2n) is 6.95. The number of imidazole rings is 1. The van der Waals surface area contributed by atoms with Gasteiger partial charge in [0.05, 0.1) is 17.7 Å². The van der Waals surface area contributed by atoms with Crippen molar-refractivity contribution >= 4 is 39.5 Å². The number of aromatic nitrogens is 2. The lowest BCUT2D eigenvalue weighted by molar-refractivity contribution is -0.119. The van der Waals surface area contributed by atoms with Gasteiger partial charge in [-0.1, -0.05) is 35.9 Å². The second-order valence-corrected chi connectivity index (χ2v) is 8.26. The molecule has 2 aromatic heterocycles. The van der Waals surface area contributed by atoms with E-state index in [4.69, 9.17) is 11.6 Å². The van der Waals surface area contributed by atoms with E-state index in [2.05, 4.69) is 21.2 Å². The molecular weight excluding hydrogens is 406 g/mol. The molecule has 1 saturated heterocycles. The van der Waals surface area contributed by atoms with Crippen LogP contribution in [0.15, 0.2) is 66.3 Å². The van der Waals surface area contributed by atoms with Gasteiger partial charge in [-0.25, -0.2) is 10.4 Å². The minimum atomic E-state index is -0.226. The molecule has 1 fully saturated rings. The number of hydrazine groups is 1. The Bertz CT molecular complexity index is 1120. The summed E-state index contributed by atoms with van der Waals surface area (Å²) in [5, 5.41) is 5.71. The zero-order chi connectivity index (χ0) is 19.8. The van der Waals surface area contributed by atoms with Gasteiger partial charge >= 0.3 is 0 Å². The van der Waals surface area contributed by atoms with Gasteiger partial charge in [-0.05, 0) is 29.8 Å². The van der Waals surface area contributed by atoms with E-state index in [1.54, 1.807) is 11.3 Å². The van der Waals surface area contributed by atoms with Crippen LogP contribution in [0, 0.1) is 5.92 Å². The molecule has 3 heterocycles. The molecule has 29 heavy (non-hydrogen) atoms. The van der Waals surface area contributed by atoms with Gasteiger partial charge in [0.15, 0.2) is 4.96 Å². The van der Waals surface area contributed by atoms with Crippen molar-refractivity contribution in [1.82, 2.24) is 20.2 Å². The number of nitrogens with zero attached hydrogens (tertiary/aromatic N) is 2. The van der Waals surface area contributed by atoms with Crippen molar-refractivity contribution in [3.63, 3.8) is 0 Å². The summed E-state index contributed by atoms with van der Waals surface area (Å²) < 4.78 is 2.01. The maximum absolute atomic E-state index is 12.9. The summed E-state index contributed by atoms with van der Waals surface area (Å²) in [4.78, 5) is 18.5. The number of nitrogens with one attached hydrogen (secondary N) is 3. The van der Waals surface area contributed by atoms with Gasteiger partial charge in [0.1, 0.15) is 0 Å². The Kier molecular flexibility index (Phi) is 4.81. The lowest BCUT2D eigenvalue weighted by atomic mass is 9.94. The number of hydrogen-bond acceptors (Lipinski definition) is 5. The first-order valence-electron chi connectivity index (χ1n) is 9.25. The van der Waals surface area contributed by atoms with Crippen molar-refractivity contribution in [2.75, 3.05) is 11.9 Å². The molecule has 1 amide bonds. The molecule has 0 aliphatic carbocycles. The van der Waals surface area contributed by atoms with Crippen molar-refractivity contribution in [2.24, 2.45) is 5.92 Å². The van der Waals surface area contributed by atoms with E-state index in [1.807, 2.05) is 70.7 Å². The maximum Gasteiger partial charge on any atom is 0.230 e. The highest BCUT2D eigenvalue weighted by Gasteiger charge is 2.33. The van der Waals surface area contributed by atoms with Crippen LogP contribution in [0.1, 0.15) is 11.6 Å². The minimum absolute atomic E-state index is 0.0299. The Morgan fingerprint density at radius 3 is 2.72 bits per heavy atom. The fourth-order valence-corrected chi connectivity index (χ4v) is 4.38. The van der Waals surface area contributed by atoms with E-state index in [9.17, 15) is 4.79 Å². The van der Waals surface area contributed by atoms with Crippen molar-refractivity contribution in [3.8, 4) is 11.3 Å². The number of hydrogen-bond donors (Lipinski definition) is 3. The topological polar surface area (TPSA) is 70.5 Å². The Labute approximate surface area is 176 Å². The number of carbonyl (C=O) groups is 1. The summed E-state index contributed by atoms with van der Waals surface area (Å²) in [6.07, 6.45) is 4.00. The number of halogens is 1. The fraction of sp³-hybridized carbons (Fsp3) is 0.143. The molecule has 0 radical (unpaired) electrons. The van der Waals surface area contributed by atoms with E-state index in [1.165, 1.54) is 0 Å². The SMILES string of the molecule is O=C(Nc1ccc(-c2cn3ccsc3n2)cc1)C1CNNC1c1ccc(Cl)cc1. The van der Waals surface area contributed by atoms with E-state index < -0.39 is 0 Å². The van der Waals surface area contributed by atoms with Crippen LogP contribution in [-0.4, -0.2) is 21.8 Å². The molecular formula is C21H18ClN5OS. The molecule has 8 heteroatoms. The molecule has 2 atom stereocenters. The average Bonchev–Trinajstić information content (AvgIpc) is 3.45. The molecule has 6 nitrogen and oxygen atoms in total. The van der Waals surface area contributed by atoms with Crippen LogP contribution < -0.4 is 16.2 Å². The number of carbonyl (C=O) groups excluding carboxylic acids is 1. The number of rotatable bonds is 4. The maximum atomic E-state index is 12.9. The number of amides is 1. The summed E-state index contributed by atoms with van der Waals surface area (Å²) in [5.41, 5.74) is 10.00. The van der Waals surface area contributed by atoms with Gasteiger partial charge < -0.3 is 5.32 Å². The molecule has 2 unspecified atom stereocenters. The quantitative estimate of drug-likeness (QED) is 0.461. The van der Waals surface area contributed by atoms with E-state index in [-0.39, 0.29) is 17.9 Å². The lowest BCUT2D eigenvalue weighted by Gasteiger charge is -2.18. The smallest absolute Gasteiger partial charge is 0.230 e. The summed E-state index contributed by atoms with van der Waals surface area (Å²) in [6, 6.07) is 15.2. The van der Waals surface area contributed by atoms with Crippen LogP contribution >= 0.6 is 22.9 Å². The summed E-state index contributed by atoms with van der Waals surface area (Å²) in [7, 11) is 0. The lowest BCUT2D eigenvalue weighted by Crippen LogP contribution is -2.29. The second kappa shape index (κ2) is 7.61. The Morgan fingerprint density at radius 2 is 1.97 bits per heavy atom. The first kappa shape index (κ1) is 18.3. The third kappa shape index (κ3) is 3.65. The molecule has 0 spiro atoms. The predicted octanol–water partition coefficient (Wildman–Crippen LogP) is 4.12. The fourth-order valence-electron chi connectivity index (χ4n) is 3.55. The van der Waals surface area contributed by atoms with Crippen LogP contribution in [0.2, 0.25) is 5.02 Å². The Hall–Kier alpha value is -2.71. The van der Waals surface area contributed by atoms with E-state index >= 15 is 0 Å². The third-order valence-electron chi connectivity index (χ3n) is 5.09. The van der Waals surface area contributed by atoms with Crippen LogP contribution in [0.5, 0.6) is 0 Å². The first-order valence-corrected chi connectivity index (χ1v) is 10.5. The highest BCUT2D eigenvalue weighted by Crippen LogP contribution is 2.28. The summed E-state index contributed by atoms with van der Waals surface area (Å²) in [5.74, 6) is -0.256. The zero-order valence-electron chi connectivity index (χ0n) is 15.3. The number of benzene rings is 2. The number of anilines is 1. The van der Waals surface area contributed by atoms with Crippen molar-refractivity contribution in [1.29, 1.82) is 0 Å². The van der Waals surface area contributed by atoms with Crippen LogP contribution in [0.25, 0.3) is 16.2 Å². The van der Waals surface area contributed by atoms with Crippen molar-refractivity contribution < 1.29 is 4.79 Å². The van der Waals surface area contributed by atoms with Gasteiger partial charge in [0, 0.05) is 40.6 Å². The molecule has 1 aliphatic heterocycles. The van der Waals surface area contributed by atoms with Gasteiger partial charge in [-0.3, -0.25) is 14.6 Å². The largest absolute Gasteiger partial charge is 0.326 e. The van der Waals surface area contributed by atoms with Crippen LogP contribution in [0.4, 0.5) is 5.69 Å². The van der Waals surface area contributed by atoms with Gasteiger partial charge in [-0.15, -0.1) is 11.3 Å². The minimum Gasteiger partial charge on any atom is -0.326 e. The standard InChI is InChI=1S/C21H18ClN5OS/c22-15-5-1-14(2-6-15)19-17(11-23-26-19)20(28)24-16-7-3-13(4-8-16)18-12-27-9-10-29-21(27)25-18/h1-10,12,17,19,23,26H,11H2,(H,24,28). The summed E-state index contributed by atoms with van der Waals surface area (Å²) >= 11 is 7.58. The predicted molar refractivity (Wildman–Crippen MR) is 116 cm³/mol. The van der Waals surface area contributed by atoms with Gasteiger partial charge in [-0.2, -0.15) is 0 Å². The van der Waals surface area contributed by atoms with Crippen molar-refractivity contribution in [2.45, 2.75) is 6.04 Å². The number of thiazole rings is 1. The summed E-state index contributed by atoms with van der Waals surface area (Å²) in [6.45, 7) is 0.558. The van der Waals surface area contributed by atoms with E-state index in [0.29, 0.717) is 11.6 Å². The molecule has 0 saturated carbocycles. The van der Waals surface area contributed by atoms with Gasteiger partial charge in [0.2, 0.25) is 5.91 Å². The Morgan fingerprint density at radius 1 is 1.17 bits per heavy atom. The van der Waals surface area contributed by atoms with E-state index in [0.717, 1.165) is 27.5 Å². The van der Waals surface area contributed by atoms with Crippen LogP contribution in [-0.2, 0) is 4.79 Å². The highest BCUT2D eigenvalue weighted by molar-refractivity contribution is 7.15. The van der Waals surface area contributed by atoms with Crippen LogP contribution in [0.3, 0.4) is 0 Å². The molecule has 4 aromatic rings. The average molecular weight is 424 g/mol. The Balaban J connectivity index is 1.29. The first-order chi connectivity index (χ1) is 14.2. The van der Waals surface area contributed by atoms with Crippen molar-refractivity contribution in [3.05, 3.63) is 76.9 Å². The monoisotopic (exact) mass is 423 g/mol. The van der Waals surface area contributed by atoms with Gasteiger partial charge in [0.25, 0.3) is 0 Å². The highest BCUT2D eigenvalue weighted by atomic mass is 35.5. The molecule has 3 N–H and O–H groups in total. The molecule has 2 aromatic carbocycles. The zero-order valence-corrected chi connectivity index (χ0v) is 16.9. The molecule has 5 rings (SSSR count). The molecule has 146 valence electrons. The third-order valence-corrected chi connectivity index (χ3v) is 6.11. The molecule has 0 bridgehead atoms.